The van der Waals surface area contributed by atoms with Gasteiger partial charge in [-0.3, -0.25) is 0 Å². The van der Waals surface area contributed by atoms with Crippen LogP contribution in [0.4, 0.5) is 15.0 Å². The van der Waals surface area contributed by atoms with E-state index in [-0.39, 0.29) is 22.3 Å². The molecular weight excluding hydrogens is 497 g/mol. The standard InChI is InChI=1S/C27H33ClFN5O3/c1-16-15-32(25(36)37-27(5,6)7)12-13-33(16)22-17-14-19(29)21(28)30-23(17)34(24(35)31-22)20-11-9-8-10-18(20)26(2,3)4/h8-11,14,16H,12-13,15H2,1-7H3/t16-/m0/s1. The van der Waals surface area contributed by atoms with E-state index in [1.165, 1.54) is 10.6 Å². The van der Waals surface area contributed by atoms with Crippen molar-refractivity contribution in [1.82, 2.24) is 19.4 Å². The maximum atomic E-state index is 14.7. The maximum Gasteiger partial charge on any atom is 0.410 e. The van der Waals surface area contributed by atoms with Crippen LogP contribution in [0.15, 0.2) is 35.1 Å². The zero-order chi connectivity index (χ0) is 27.3. The number of hydrogen-bond acceptors (Lipinski definition) is 6. The number of carbonyl (C=O) groups is 1. The topological polar surface area (TPSA) is 80.6 Å². The number of pyridine rings is 1. The lowest BCUT2D eigenvalue weighted by molar-refractivity contribution is 0.0218. The number of piperazine rings is 1. The van der Waals surface area contributed by atoms with Gasteiger partial charge in [-0.2, -0.15) is 4.98 Å². The number of aromatic nitrogens is 3. The molecule has 37 heavy (non-hydrogen) atoms. The quantitative estimate of drug-likeness (QED) is 0.418. The van der Waals surface area contributed by atoms with Crippen molar-refractivity contribution in [3.05, 3.63) is 57.3 Å². The summed E-state index contributed by atoms with van der Waals surface area (Å²) < 4.78 is 21.6. The van der Waals surface area contributed by atoms with Crippen molar-refractivity contribution in [2.45, 2.75) is 65.5 Å². The van der Waals surface area contributed by atoms with Crippen LogP contribution in [0.3, 0.4) is 0 Å². The predicted octanol–water partition coefficient (Wildman–Crippen LogP) is 5.32. The average molecular weight is 530 g/mol. The Labute approximate surface area is 221 Å². The minimum Gasteiger partial charge on any atom is -0.444 e. The van der Waals surface area contributed by atoms with Crippen LogP contribution in [0, 0.1) is 5.82 Å². The van der Waals surface area contributed by atoms with E-state index in [1.807, 2.05) is 77.6 Å². The third-order valence-corrected chi connectivity index (χ3v) is 6.53. The molecule has 4 rings (SSSR count). The molecule has 2 aromatic heterocycles. The van der Waals surface area contributed by atoms with Crippen LogP contribution in [0.2, 0.25) is 5.15 Å². The summed E-state index contributed by atoms with van der Waals surface area (Å²) in [7, 11) is 0. The van der Waals surface area contributed by atoms with Gasteiger partial charge in [0.15, 0.2) is 16.6 Å². The van der Waals surface area contributed by atoms with Crippen LogP contribution in [0.25, 0.3) is 16.7 Å². The third-order valence-electron chi connectivity index (χ3n) is 6.26. The summed E-state index contributed by atoms with van der Waals surface area (Å²) in [4.78, 5) is 38.4. The van der Waals surface area contributed by atoms with Gasteiger partial charge in [0.05, 0.1) is 11.1 Å². The second-order valence-electron chi connectivity index (χ2n) is 11.4. The molecule has 3 aromatic rings. The highest BCUT2D eigenvalue weighted by molar-refractivity contribution is 6.30. The van der Waals surface area contributed by atoms with E-state index >= 15 is 0 Å². The molecule has 0 spiro atoms. The number of carbonyl (C=O) groups excluding carboxylic acids is 1. The Morgan fingerprint density at radius 1 is 1.11 bits per heavy atom. The van der Waals surface area contributed by atoms with Crippen LogP contribution >= 0.6 is 11.6 Å². The smallest absolute Gasteiger partial charge is 0.410 e. The molecule has 0 bridgehead atoms. The SMILES string of the molecule is C[C@H]1CN(C(=O)OC(C)(C)C)CCN1c1nc(=O)n(-c2ccccc2C(C)(C)C)c2nc(Cl)c(F)cc12. The van der Waals surface area contributed by atoms with E-state index in [2.05, 4.69) is 9.97 Å². The second kappa shape index (κ2) is 9.59. The second-order valence-corrected chi connectivity index (χ2v) is 11.8. The maximum absolute atomic E-state index is 14.7. The highest BCUT2D eigenvalue weighted by atomic mass is 35.5. The number of rotatable bonds is 2. The van der Waals surface area contributed by atoms with Crippen molar-refractivity contribution in [3.63, 3.8) is 0 Å². The molecule has 1 saturated heterocycles. The first-order valence-electron chi connectivity index (χ1n) is 12.3. The summed E-state index contributed by atoms with van der Waals surface area (Å²) in [6, 6.07) is 8.57. The number of hydrogen-bond donors (Lipinski definition) is 0. The lowest BCUT2D eigenvalue weighted by Crippen LogP contribution is -2.55. The monoisotopic (exact) mass is 529 g/mol. The lowest BCUT2D eigenvalue weighted by atomic mass is 9.85. The van der Waals surface area contributed by atoms with Gasteiger partial charge in [-0.1, -0.05) is 50.6 Å². The van der Waals surface area contributed by atoms with Crippen LogP contribution in [-0.2, 0) is 10.2 Å². The number of amides is 1. The van der Waals surface area contributed by atoms with Crippen molar-refractivity contribution >= 4 is 34.5 Å². The fourth-order valence-electron chi connectivity index (χ4n) is 4.59. The molecule has 1 aliphatic heterocycles. The predicted molar refractivity (Wildman–Crippen MR) is 143 cm³/mol. The van der Waals surface area contributed by atoms with Gasteiger partial charge in [0, 0.05) is 25.7 Å². The van der Waals surface area contributed by atoms with Crippen molar-refractivity contribution in [2.75, 3.05) is 24.5 Å². The van der Waals surface area contributed by atoms with E-state index in [0.717, 1.165) is 5.56 Å². The molecule has 0 saturated carbocycles. The minimum absolute atomic E-state index is 0.215. The molecule has 198 valence electrons. The van der Waals surface area contributed by atoms with Crippen LogP contribution in [0.5, 0.6) is 0 Å². The first kappa shape index (κ1) is 26.9. The largest absolute Gasteiger partial charge is 0.444 e. The van der Waals surface area contributed by atoms with Crippen LogP contribution in [-0.4, -0.2) is 56.8 Å². The minimum atomic E-state index is -0.702. The summed E-state index contributed by atoms with van der Waals surface area (Å²) in [5, 5.41) is 0.0385. The van der Waals surface area contributed by atoms with E-state index in [4.69, 9.17) is 16.3 Å². The Hall–Kier alpha value is -3.20. The highest BCUT2D eigenvalue weighted by Gasteiger charge is 2.32. The van der Waals surface area contributed by atoms with Crippen LogP contribution in [0.1, 0.15) is 54.0 Å². The summed E-state index contributed by atoms with van der Waals surface area (Å²) in [6.07, 6.45) is -0.398. The molecule has 1 aliphatic rings. The molecule has 10 heteroatoms. The number of nitrogens with zero attached hydrogens (tertiary/aromatic N) is 5. The Kier molecular flexibility index (Phi) is 6.96. The third kappa shape index (κ3) is 5.42. The average Bonchev–Trinajstić information content (AvgIpc) is 2.78. The summed E-state index contributed by atoms with van der Waals surface area (Å²) in [6.45, 7) is 14.6. The molecule has 1 aromatic carbocycles. The zero-order valence-electron chi connectivity index (χ0n) is 22.3. The number of para-hydroxylation sites is 1. The Bertz CT molecular complexity index is 1410. The van der Waals surface area contributed by atoms with Crippen LogP contribution < -0.4 is 10.6 Å². The van der Waals surface area contributed by atoms with Gasteiger partial charge < -0.3 is 14.5 Å². The van der Waals surface area contributed by atoms with Gasteiger partial charge in [0.2, 0.25) is 0 Å². The number of benzene rings is 1. The van der Waals surface area contributed by atoms with E-state index in [1.54, 1.807) is 4.90 Å². The number of anilines is 1. The van der Waals surface area contributed by atoms with Crippen molar-refractivity contribution < 1.29 is 13.9 Å². The molecular formula is C27H33ClFN5O3. The molecule has 3 heterocycles. The Balaban J connectivity index is 1.83. The van der Waals surface area contributed by atoms with Gasteiger partial charge >= 0.3 is 11.8 Å². The zero-order valence-corrected chi connectivity index (χ0v) is 23.1. The Morgan fingerprint density at radius 2 is 1.78 bits per heavy atom. The van der Waals surface area contributed by atoms with Gasteiger partial charge in [-0.25, -0.2) is 23.5 Å². The first-order chi connectivity index (χ1) is 17.2. The number of ether oxygens (including phenoxy) is 1. The summed E-state index contributed by atoms with van der Waals surface area (Å²) in [5.74, 6) is -0.393. The molecule has 1 amide bonds. The van der Waals surface area contributed by atoms with Crippen molar-refractivity contribution in [1.29, 1.82) is 0 Å². The normalized spacial score (nSPS) is 16.8. The van der Waals surface area contributed by atoms with E-state index < -0.39 is 23.2 Å². The van der Waals surface area contributed by atoms with Gasteiger partial charge in [0.1, 0.15) is 11.4 Å². The van der Waals surface area contributed by atoms with E-state index in [9.17, 15) is 14.0 Å². The number of fused-ring (bicyclic) bond motifs is 1. The molecule has 0 N–H and O–H groups in total. The fourth-order valence-corrected chi connectivity index (χ4v) is 4.72. The molecule has 8 nitrogen and oxygen atoms in total. The summed E-state index contributed by atoms with van der Waals surface area (Å²) in [5.41, 5.74) is 0.315. The Morgan fingerprint density at radius 3 is 2.41 bits per heavy atom. The summed E-state index contributed by atoms with van der Waals surface area (Å²) >= 11 is 6.11. The lowest BCUT2D eigenvalue weighted by Gasteiger charge is -2.41. The molecule has 1 atom stereocenters. The van der Waals surface area contributed by atoms with Crippen molar-refractivity contribution in [3.8, 4) is 5.69 Å². The fraction of sp³-hybridized carbons (Fsp3) is 0.481. The highest BCUT2D eigenvalue weighted by Crippen LogP contribution is 2.33. The first-order valence-corrected chi connectivity index (χ1v) is 12.7. The number of halogens is 2. The van der Waals surface area contributed by atoms with Gasteiger partial charge in [0.25, 0.3) is 0 Å². The molecule has 0 unspecified atom stereocenters. The van der Waals surface area contributed by atoms with E-state index in [0.29, 0.717) is 36.5 Å². The van der Waals surface area contributed by atoms with Gasteiger partial charge in [-0.05, 0) is 50.8 Å². The van der Waals surface area contributed by atoms with Gasteiger partial charge in [-0.15, -0.1) is 0 Å². The molecule has 0 aliphatic carbocycles. The van der Waals surface area contributed by atoms with Crippen molar-refractivity contribution in [2.24, 2.45) is 0 Å². The molecule has 0 radical (unpaired) electrons. The molecule has 1 fully saturated rings.